The van der Waals surface area contributed by atoms with Crippen LogP contribution in [0.5, 0.6) is 23.0 Å². The number of nitrogens with zero attached hydrogens (tertiary/aromatic N) is 1. The van der Waals surface area contributed by atoms with E-state index >= 15 is 0 Å². The Labute approximate surface area is 163 Å². The Hall–Kier alpha value is -3.73. The Morgan fingerprint density at radius 2 is 1.61 bits per heavy atom. The molecule has 0 radical (unpaired) electrons. The lowest BCUT2D eigenvalue weighted by Crippen LogP contribution is -1.92. The van der Waals surface area contributed by atoms with E-state index in [1.165, 1.54) is 0 Å². The number of hydrogen-bond acceptors (Lipinski definition) is 4. The molecule has 0 unspecified atom stereocenters. The molecule has 5 heteroatoms. The summed E-state index contributed by atoms with van der Waals surface area (Å²) in [5.74, 6) is 1.93. The third-order valence-electron chi connectivity index (χ3n) is 4.34. The highest BCUT2D eigenvalue weighted by atomic mass is 16.5. The van der Waals surface area contributed by atoms with Crippen molar-refractivity contribution >= 4 is 0 Å². The molecular formula is C23H20N2O3. The standard InChI is InChI=1S/C23H20N2O3/c1-2-27-19-12-13-20(21(26)14-19)23-22(15-24-25-23)28-18-10-8-17(9-11-18)16-6-4-3-5-7-16/h3-15,26H,2H2,1H3,(H,24,25). The molecule has 4 rings (SSSR count). The van der Waals surface area contributed by atoms with E-state index in [0.29, 0.717) is 35.1 Å². The summed E-state index contributed by atoms with van der Waals surface area (Å²) >= 11 is 0. The molecule has 0 amide bonds. The van der Waals surface area contributed by atoms with Gasteiger partial charge >= 0.3 is 0 Å². The SMILES string of the molecule is CCOc1ccc(-c2[nH]ncc2Oc2ccc(-c3ccccc3)cc2)c(O)c1. The summed E-state index contributed by atoms with van der Waals surface area (Å²) in [6.07, 6.45) is 1.59. The van der Waals surface area contributed by atoms with Crippen molar-refractivity contribution in [1.29, 1.82) is 0 Å². The van der Waals surface area contributed by atoms with Crippen molar-refractivity contribution in [3.63, 3.8) is 0 Å². The third kappa shape index (κ3) is 3.69. The number of hydrogen-bond donors (Lipinski definition) is 2. The Morgan fingerprint density at radius 1 is 0.893 bits per heavy atom. The van der Waals surface area contributed by atoms with Gasteiger partial charge in [0.25, 0.3) is 0 Å². The lowest BCUT2D eigenvalue weighted by atomic mass is 10.1. The van der Waals surface area contributed by atoms with Crippen LogP contribution in [0.25, 0.3) is 22.4 Å². The quantitative estimate of drug-likeness (QED) is 0.460. The monoisotopic (exact) mass is 372 g/mol. The van der Waals surface area contributed by atoms with Crippen LogP contribution in [0.1, 0.15) is 6.92 Å². The minimum absolute atomic E-state index is 0.0967. The average molecular weight is 372 g/mol. The van der Waals surface area contributed by atoms with Gasteiger partial charge in [0.1, 0.15) is 22.9 Å². The maximum atomic E-state index is 10.4. The van der Waals surface area contributed by atoms with Crippen molar-refractivity contribution < 1.29 is 14.6 Å². The van der Waals surface area contributed by atoms with Crippen LogP contribution in [0, 0.1) is 0 Å². The zero-order valence-electron chi connectivity index (χ0n) is 15.4. The van der Waals surface area contributed by atoms with Gasteiger partial charge in [-0.3, -0.25) is 5.10 Å². The van der Waals surface area contributed by atoms with Gasteiger partial charge in [-0.15, -0.1) is 0 Å². The molecule has 0 aliphatic rings. The number of aromatic amines is 1. The Morgan fingerprint density at radius 3 is 2.32 bits per heavy atom. The van der Waals surface area contributed by atoms with E-state index in [1.54, 1.807) is 24.4 Å². The summed E-state index contributed by atoms with van der Waals surface area (Å²) in [4.78, 5) is 0. The molecule has 5 nitrogen and oxygen atoms in total. The van der Waals surface area contributed by atoms with Gasteiger partial charge < -0.3 is 14.6 Å². The van der Waals surface area contributed by atoms with Gasteiger partial charge in [0, 0.05) is 11.6 Å². The zero-order valence-corrected chi connectivity index (χ0v) is 15.4. The Bertz CT molecular complexity index is 1060. The first kappa shape index (κ1) is 17.7. The lowest BCUT2D eigenvalue weighted by molar-refractivity contribution is 0.338. The van der Waals surface area contributed by atoms with Crippen molar-refractivity contribution in [3.8, 4) is 45.4 Å². The van der Waals surface area contributed by atoms with Crippen molar-refractivity contribution in [1.82, 2.24) is 10.2 Å². The zero-order chi connectivity index (χ0) is 19.3. The van der Waals surface area contributed by atoms with Crippen molar-refractivity contribution in [3.05, 3.63) is 79.0 Å². The van der Waals surface area contributed by atoms with E-state index in [0.717, 1.165) is 11.1 Å². The molecule has 0 aliphatic carbocycles. The van der Waals surface area contributed by atoms with Gasteiger partial charge in [-0.1, -0.05) is 42.5 Å². The number of aromatic nitrogens is 2. The van der Waals surface area contributed by atoms with E-state index < -0.39 is 0 Å². The molecule has 0 spiro atoms. The van der Waals surface area contributed by atoms with Crippen LogP contribution in [-0.4, -0.2) is 21.9 Å². The molecule has 1 heterocycles. The van der Waals surface area contributed by atoms with E-state index in [2.05, 4.69) is 22.3 Å². The first-order chi connectivity index (χ1) is 13.7. The fourth-order valence-electron chi connectivity index (χ4n) is 3.00. The van der Waals surface area contributed by atoms with Gasteiger partial charge in [0.05, 0.1) is 12.8 Å². The molecule has 1 aromatic heterocycles. The maximum Gasteiger partial charge on any atom is 0.173 e. The molecule has 4 aromatic rings. The predicted octanol–water partition coefficient (Wildman–Crippen LogP) is 5.64. The smallest absolute Gasteiger partial charge is 0.173 e. The number of nitrogens with one attached hydrogen (secondary N) is 1. The van der Waals surface area contributed by atoms with Gasteiger partial charge in [-0.25, -0.2) is 0 Å². The molecule has 0 fully saturated rings. The number of phenolic OH excluding ortho intramolecular Hbond substituents is 1. The van der Waals surface area contributed by atoms with Crippen molar-refractivity contribution in [2.45, 2.75) is 6.92 Å². The molecule has 0 saturated carbocycles. The average Bonchev–Trinajstić information content (AvgIpc) is 3.17. The molecule has 0 atom stereocenters. The van der Waals surface area contributed by atoms with Crippen LogP contribution < -0.4 is 9.47 Å². The van der Waals surface area contributed by atoms with Gasteiger partial charge in [-0.05, 0) is 42.3 Å². The summed E-state index contributed by atoms with van der Waals surface area (Å²) in [7, 11) is 0. The fraction of sp³-hybridized carbons (Fsp3) is 0.0870. The molecule has 28 heavy (non-hydrogen) atoms. The highest BCUT2D eigenvalue weighted by Gasteiger charge is 2.14. The summed E-state index contributed by atoms with van der Waals surface area (Å²) in [6.45, 7) is 2.44. The highest BCUT2D eigenvalue weighted by molar-refractivity contribution is 5.73. The summed E-state index contributed by atoms with van der Waals surface area (Å²) < 4.78 is 11.4. The third-order valence-corrected chi connectivity index (χ3v) is 4.34. The fourth-order valence-corrected chi connectivity index (χ4v) is 3.00. The van der Waals surface area contributed by atoms with Crippen LogP contribution in [0.3, 0.4) is 0 Å². The molecule has 3 aromatic carbocycles. The maximum absolute atomic E-state index is 10.4. The van der Waals surface area contributed by atoms with E-state index in [1.807, 2.05) is 49.4 Å². The second kappa shape index (κ2) is 7.88. The minimum atomic E-state index is 0.0967. The number of benzene rings is 3. The summed E-state index contributed by atoms with van der Waals surface area (Å²) in [5.41, 5.74) is 3.46. The molecule has 2 N–H and O–H groups in total. The second-order valence-corrected chi connectivity index (χ2v) is 6.21. The topological polar surface area (TPSA) is 67.4 Å². The van der Waals surface area contributed by atoms with E-state index in [4.69, 9.17) is 9.47 Å². The number of aromatic hydroxyl groups is 1. The predicted molar refractivity (Wildman–Crippen MR) is 109 cm³/mol. The van der Waals surface area contributed by atoms with Crippen LogP contribution in [0.2, 0.25) is 0 Å². The largest absolute Gasteiger partial charge is 0.507 e. The Kier molecular flexibility index (Phi) is 4.97. The number of rotatable bonds is 6. The number of phenols is 1. The highest BCUT2D eigenvalue weighted by Crippen LogP contribution is 2.38. The number of H-pyrrole nitrogens is 1. The van der Waals surface area contributed by atoms with Crippen molar-refractivity contribution in [2.24, 2.45) is 0 Å². The van der Waals surface area contributed by atoms with Crippen LogP contribution in [-0.2, 0) is 0 Å². The Balaban J connectivity index is 1.57. The van der Waals surface area contributed by atoms with E-state index in [-0.39, 0.29) is 5.75 Å². The van der Waals surface area contributed by atoms with Crippen LogP contribution in [0.15, 0.2) is 79.0 Å². The summed E-state index contributed by atoms with van der Waals surface area (Å²) in [6, 6.07) is 23.2. The van der Waals surface area contributed by atoms with Gasteiger partial charge in [0.15, 0.2) is 5.75 Å². The van der Waals surface area contributed by atoms with Crippen molar-refractivity contribution in [2.75, 3.05) is 6.61 Å². The first-order valence-electron chi connectivity index (χ1n) is 9.07. The van der Waals surface area contributed by atoms with Gasteiger partial charge in [0.2, 0.25) is 0 Å². The molecular weight excluding hydrogens is 352 g/mol. The van der Waals surface area contributed by atoms with E-state index in [9.17, 15) is 5.11 Å². The minimum Gasteiger partial charge on any atom is -0.507 e. The molecule has 140 valence electrons. The normalized spacial score (nSPS) is 10.6. The molecule has 0 aliphatic heterocycles. The lowest BCUT2D eigenvalue weighted by Gasteiger charge is -2.10. The van der Waals surface area contributed by atoms with Crippen LogP contribution >= 0.6 is 0 Å². The second-order valence-electron chi connectivity index (χ2n) is 6.21. The molecule has 0 bridgehead atoms. The number of ether oxygens (including phenoxy) is 2. The van der Waals surface area contributed by atoms with Gasteiger partial charge in [-0.2, -0.15) is 5.10 Å². The first-order valence-corrected chi connectivity index (χ1v) is 9.07. The summed E-state index contributed by atoms with van der Waals surface area (Å²) in [5, 5.41) is 17.3. The molecule has 0 saturated heterocycles. The van der Waals surface area contributed by atoms with Crippen LogP contribution in [0.4, 0.5) is 0 Å².